The number of esters is 1. The highest BCUT2D eigenvalue weighted by Gasteiger charge is 2.08. The summed E-state index contributed by atoms with van der Waals surface area (Å²) in [6, 6.07) is 0. The van der Waals surface area contributed by atoms with Gasteiger partial charge < -0.3 is 9.64 Å². The van der Waals surface area contributed by atoms with Crippen molar-refractivity contribution in [1.29, 1.82) is 0 Å². The molecule has 0 aliphatic heterocycles. The van der Waals surface area contributed by atoms with E-state index in [1.165, 1.54) is 17.9 Å². The Bertz CT molecular complexity index is 273. The van der Waals surface area contributed by atoms with Gasteiger partial charge >= 0.3 is 5.97 Å². The quantitative estimate of drug-likeness (QED) is 0.358. The van der Waals surface area contributed by atoms with Gasteiger partial charge in [0, 0.05) is 7.05 Å². The number of ether oxygens (including phenoxy) is 1. The van der Waals surface area contributed by atoms with E-state index in [1.54, 1.807) is 7.05 Å². The van der Waals surface area contributed by atoms with Gasteiger partial charge in [-0.2, -0.15) is 0 Å². The predicted octanol–water partition coefficient (Wildman–Crippen LogP) is 0.153. The molecular weight excluding hydrogens is 198 g/mol. The van der Waals surface area contributed by atoms with Crippen molar-refractivity contribution in [2.45, 2.75) is 13.3 Å². The second-order valence-electron chi connectivity index (χ2n) is 3.06. The summed E-state index contributed by atoms with van der Waals surface area (Å²) in [6.07, 6.45) is 0.955. The number of hydrogen-bond donors (Lipinski definition) is 0. The number of rotatable bonds is 6. The minimum absolute atomic E-state index is 0.0855. The van der Waals surface area contributed by atoms with Gasteiger partial charge in [-0.05, 0) is 13.0 Å². The Morgan fingerprint density at radius 1 is 1.40 bits per heavy atom. The first-order valence-corrected chi connectivity index (χ1v) is 4.50. The number of Topliss-reactive ketones (excluding diaryl/α,β-unsaturated/α-hetero) is 1. The molecule has 0 saturated heterocycles. The zero-order chi connectivity index (χ0) is 11.8. The number of hydrogen-bond acceptors (Lipinski definition) is 4. The van der Waals surface area contributed by atoms with Crippen molar-refractivity contribution in [2.75, 3.05) is 20.2 Å². The Kier molecular flexibility index (Phi) is 6.01. The predicted molar refractivity (Wildman–Crippen MR) is 54.1 cm³/mol. The molecule has 0 radical (unpaired) electrons. The average molecular weight is 213 g/mol. The molecule has 0 aromatic carbocycles. The van der Waals surface area contributed by atoms with Gasteiger partial charge in [-0.25, -0.2) is 0 Å². The summed E-state index contributed by atoms with van der Waals surface area (Å²) in [7, 11) is 1.57. The van der Waals surface area contributed by atoms with Crippen molar-refractivity contribution in [1.82, 2.24) is 4.90 Å². The van der Waals surface area contributed by atoms with E-state index in [2.05, 4.69) is 6.58 Å². The van der Waals surface area contributed by atoms with Crippen LogP contribution in [-0.4, -0.2) is 42.8 Å². The Morgan fingerprint density at radius 2 is 2.00 bits per heavy atom. The molecule has 0 atom stereocenters. The standard InChI is InChI=1S/C10H15NO4/c1-4-9(13)11(3)5-6-15-10(14)7-8(2)12/h4H,1,5-7H2,2-3H3. The van der Waals surface area contributed by atoms with E-state index in [0.717, 1.165) is 0 Å². The van der Waals surface area contributed by atoms with Crippen LogP contribution >= 0.6 is 0 Å². The highest BCUT2D eigenvalue weighted by atomic mass is 16.5. The third kappa shape index (κ3) is 6.42. The summed E-state index contributed by atoms with van der Waals surface area (Å²) < 4.78 is 4.73. The first kappa shape index (κ1) is 13.4. The zero-order valence-corrected chi connectivity index (χ0v) is 8.99. The number of carbonyl (C=O) groups excluding carboxylic acids is 3. The van der Waals surface area contributed by atoms with Crippen LogP contribution in [0.15, 0.2) is 12.7 Å². The van der Waals surface area contributed by atoms with E-state index < -0.39 is 5.97 Å². The molecule has 0 heterocycles. The van der Waals surface area contributed by atoms with Crippen LogP contribution in [-0.2, 0) is 19.1 Å². The SMILES string of the molecule is C=CC(=O)N(C)CCOC(=O)CC(C)=O. The lowest BCUT2D eigenvalue weighted by atomic mass is 10.3. The van der Waals surface area contributed by atoms with Gasteiger partial charge in [-0.1, -0.05) is 6.58 Å². The summed E-state index contributed by atoms with van der Waals surface area (Å²) in [5.41, 5.74) is 0. The van der Waals surface area contributed by atoms with Crippen molar-refractivity contribution in [3.8, 4) is 0 Å². The average Bonchev–Trinajstić information content (AvgIpc) is 2.15. The van der Waals surface area contributed by atoms with Crippen LogP contribution < -0.4 is 0 Å². The summed E-state index contributed by atoms with van der Waals surface area (Å²) in [5, 5.41) is 0. The topological polar surface area (TPSA) is 63.7 Å². The van der Waals surface area contributed by atoms with Gasteiger partial charge in [0.1, 0.15) is 18.8 Å². The fourth-order valence-corrected chi connectivity index (χ4v) is 0.817. The molecule has 0 aromatic rings. The van der Waals surface area contributed by atoms with Crippen LogP contribution in [0.2, 0.25) is 0 Å². The van der Waals surface area contributed by atoms with Crippen LogP contribution in [0.1, 0.15) is 13.3 Å². The lowest BCUT2D eigenvalue weighted by Crippen LogP contribution is -2.29. The molecular formula is C10H15NO4. The summed E-state index contributed by atoms with van der Waals surface area (Å²) in [6.45, 7) is 5.01. The van der Waals surface area contributed by atoms with E-state index in [0.29, 0.717) is 0 Å². The largest absolute Gasteiger partial charge is 0.463 e. The summed E-state index contributed by atoms with van der Waals surface area (Å²) in [4.78, 5) is 33.8. The number of likely N-dealkylation sites (N-methyl/N-ethyl adjacent to an activating group) is 1. The van der Waals surface area contributed by atoms with Crippen molar-refractivity contribution in [3.05, 3.63) is 12.7 Å². The van der Waals surface area contributed by atoms with Gasteiger partial charge in [0.05, 0.1) is 6.54 Å². The van der Waals surface area contributed by atoms with E-state index in [4.69, 9.17) is 4.74 Å². The maximum atomic E-state index is 11.0. The first-order valence-electron chi connectivity index (χ1n) is 4.50. The van der Waals surface area contributed by atoms with Crippen LogP contribution in [0.3, 0.4) is 0 Å². The minimum atomic E-state index is -0.568. The fourth-order valence-electron chi connectivity index (χ4n) is 0.817. The molecule has 0 fully saturated rings. The smallest absolute Gasteiger partial charge is 0.313 e. The molecule has 0 rings (SSSR count). The van der Waals surface area contributed by atoms with Crippen molar-refractivity contribution < 1.29 is 19.1 Å². The second kappa shape index (κ2) is 6.75. The second-order valence-corrected chi connectivity index (χ2v) is 3.06. The van der Waals surface area contributed by atoms with Crippen molar-refractivity contribution in [2.24, 2.45) is 0 Å². The molecule has 5 nitrogen and oxygen atoms in total. The maximum absolute atomic E-state index is 11.0. The number of ketones is 1. The molecule has 0 spiro atoms. The molecule has 0 aliphatic rings. The molecule has 84 valence electrons. The lowest BCUT2D eigenvalue weighted by Gasteiger charge is -2.14. The van der Waals surface area contributed by atoms with Gasteiger partial charge in [-0.3, -0.25) is 14.4 Å². The highest BCUT2D eigenvalue weighted by molar-refractivity contribution is 5.94. The molecule has 0 bridgehead atoms. The van der Waals surface area contributed by atoms with E-state index >= 15 is 0 Å². The van der Waals surface area contributed by atoms with E-state index in [1.807, 2.05) is 0 Å². The molecule has 0 unspecified atom stereocenters. The monoisotopic (exact) mass is 213 g/mol. The van der Waals surface area contributed by atoms with Crippen molar-refractivity contribution >= 4 is 17.7 Å². The molecule has 15 heavy (non-hydrogen) atoms. The van der Waals surface area contributed by atoms with Crippen LogP contribution in [0.25, 0.3) is 0 Å². The van der Waals surface area contributed by atoms with Crippen LogP contribution in [0, 0.1) is 0 Å². The molecule has 5 heteroatoms. The maximum Gasteiger partial charge on any atom is 0.313 e. The van der Waals surface area contributed by atoms with Crippen molar-refractivity contribution in [3.63, 3.8) is 0 Å². The Morgan fingerprint density at radius 3 is 2.47 bits per heavy atom. The van der Waals surface area contributed by atoms with Crippen LogP contribution in [0.5, 0.6) is 0 Å². The first-order chi connectivity index (χ1) is 6.97. The molecule has 0 saturated carbocycles. The third-order valence-electron chi connectivity index (χ3n) is 1.63. The fraction of sp³-hybridized carbons (Fsp3) is 0.500. The molecule has 1 amide bonds. The third-order valence-corrected chi connectivity index (χ3v) is 1.63. The van der Waals surface area contributed by atoms with Gasteiger partial charge in [0.15, 0.2) is 0 Å². The van der Waals surface area contributed by atoms with Gasteiger partial charge in [0.2, 0.25) is 5.91 Å². The minimum Gasteiger partial charge on any atom is -0.463 e. The Balaban J connectivity index is 3.70. The Labute approximate surface area is 88.7 Å². The number of carbonyl (C=O) groups is 3. The molecule has 0 N–H and O–H groups in total. The zero-order valence-electron chi connectivity index (χ0n) is 8.99. The van der Waals surface area contributed by atoms with Gasteiger partial charge in [0.25, 0.3) is 0 Å². The number of amides is 1. The van der Waals surface area contributed by atoms with E-state index in [-0.39, 0.29) is 31.3 Å². The molecule has 0 aromatic heterocycles. The summed E-state index contributed by atoms with van der Waals surface area (Å²) >= 11 is 0. The van der Waals surface area contributed by atoms with E-state index in [9.17, 15) is 14.4 Å². The molecule has 0 aliphatic carbocycles. The summed E-state index contributed by atoms with van der Waals surface area (Å²) in [5.74, 6) is -1.05. The highest BCUT2D eigenvalue weighted by Crippen LogP contribution is 1.90. The van der Waals surface area contributed by atoms with Crippen LogP contribution in [0.4, 0.5) is 0 Å². The Hall–Kier alpha value is -1.65. The lowest BCUT2D eigenvalue weighted by molar-refractivity contribution is -0.147. The number of nitrogens with zero attached hydrogens (tertiary/aromatic N) is 1. The normalized spacial score (nSPS) is 9.20. The van der Waals surface area contributed by atoms with Gasteiger partial charge in [-0.15, -0.1) is 0 Å².